The van der Waals surface area contributed by atoms with Crippen molar-refractivity contribution in [3.63, 3.8) is 0 Å². The molecule has 19 heteroatoms. The Balaban J connectivity index is 0.000000220. The van der Waals surface area contributed by atoms with Gasteiger partial charge in [-0.05, 0) is 83.4 Å². The fourth-order valence-electron chi connectivity index (χ4n) is 7.49. The van der Waals surface area contributed by atoms with Gasteiger partial charge in [0.1, 0.15) is 35.4 Å². The van der Waals surface area contributed by atoms with Crippen molar-refractivity contribution >= 4 is 62.8 Å². The van der Waals surface area contributed by atoms with Crippen molar-refractivity contribution in [1.82, 2.24) is 4.98 Å². The van der Waals surface area contributed by atoms with E-state index in [0.29, 0.717) is 60.5 Å². The number of hydrogen-bond acceptors (Lipinski definition) is 14. The Labute approximate surface area is 433 Å². The van der Waals surface area contributed by atoms with Gasteiger partial charge in [0.05, 0.1) is 43.3 Å². The molecule has 0 aliphatic rings. The molecule has 6 aromatic carbocycles. The van der Waals surface area contributed by atoms with Crippen LogP contribution in [0.15, 0.2) is 168 Å². The summed E-state index contributed by atoms with van der Waals surface area (Å²) < 4.78 is 62.7. The number of aliphatic carboxylic acids is 2. The first-order valence-electron chi connectivity index (χ1n) is 23.3. The van der Waals surface area contributed by atoms with Crippen LogP contribution in [-0.4, -0.2) is 85.2 Å². The molecule has 0 radical (unpaired) electrons. The van der Waals surface area contributed by atoms with Gasteiger partial charge in [-0.1, -0.05) is 91.0 Å². The van der Waals surface area contributed by atoms with Crippen molar-refractivity contribution in [2.75, 3.05) is 49.4 Å². The number of esters is 1. The monoisotopic (exact) mass is 1040 g/mol. The summed E-state index contributed by atoms with van der Waals surface area (Å²) in [6.45, 7) is 1.28. The van der Waals surface area contributed by atoms with Crippen LogP contribution in [-0.2, 0) is 27.2 Å². The molecule has 15 nitrogen and oxygen atoms in total. The number of fused-ring (bicyclic) bond motifs is 1. The molecule has 388 valence electrons. The van der Waals surface area contributed by atoms with Crippen molar-refractivity contribution in [2.45, 2.75) is 37.7 Å². The van der Waals surface area contributed by atoms with Crippen molar-refractivity contribution < 1.29 is 65.9 Å². The number of hydrogen-bond donors (Lipinski definition) is 4. The van der Waals surface area contributed by atoms with Crippen molar-refractivity contribution in [2.24, 2.45) is 0 Å². The maximum Gasteiger partial charge on any atom is 0.573 e. The van der Waals surface area contributed by atoms with E-state index in [1.54, 1.807) is 72.1 Å². The van der Waals surface area contributed by atoms with Crippen LogP contribution in [0.25, 0.3) is 11.1 Å². The van der Waals surface area contributed by atoms with E-state index in [0.717, 1.165) is 32.8 Å². The Morgan fingerprint density at radius 2 is 1.36 bits per heavy atom. The molecule has 2 atom stereocenters. The molecular formula is C56H51F3N4O11S. The van der Waals surface area contributed by atoms with Gasteiger partial charge in [-0.25, -0.2) is 9.59 Å². The molecule has 0 bridgehead atoms. The smallest absolute Gasteiger partial charge is 0.493 e. The number of anilines is 3. The first-order valence-corrected chi connectivity index (χ1v) is 24.2. The number of methoxy groups -OCH3 is 1. The minimum atomic E-state index is -4.73. The molecule has 0 amide bonds. The van der Waals surface area contributed by atoms with Crippen LogP contribution in [0.3, 0.4) is 0 Å². The van der Waals surface area contributed by atoms with Crippen molar-refractivity contribution in [1.29, 1.82) is 0 Å². The van der Waals surface area contributed by atoms with E-state index in [-0.39, 0.29) is 29.9 Å². The standard InChI is InChI=1S/C30H27N3O5S.C26H24F3NO6/c1-33(30-32-24-9-5-6-10-26(24)38-30)15-16-37-23-13-11-20(12-14-23)25(18-28(34)35)31-27-17-22(19-39-27)29(36)21-7-3-2-4-8-21;1-34-25(33)21-4-2-3-5-22(21)30-23(24(31)32)16-18-8-10-19(11-9-18)35-15-14-17-6-12-20(13-7-17)36-26(27,28)29/h2-14,17,19,25,31H,15-16,18H2,1H3,(H,34,35);2-13,23,30H,14-16H2,1H3,(H,31,32)/t;23-/m.0/s1. The number of rotatable bonds is 23. The molecule has 0 fully saturated rings. The van der Waals surface area contributed by atoms with Gasteiger partial charge in [-0.15, -0.1) is 24.5 Å². The third-order valence-corrected chi connectivity index (χ3v) is 12.2. The largest absolute Gasteiger partial charge is 0.573 e. The molecule has 0 saturated carbocycles. The zero-order chi connectivity index (χ0) is 53.3. The minimum Gasteiger partial charge on any atom is -0.493 e. The number of carboxylic acids is 2. The zero-order valence-corrected chi connectivity index (χ0v) is 41.3. The number of carbonyl (C=O) groups is 4. The lowest BCUT2D eigenvalue weighted by atomic mass is 10.0. The van der Waals surface area contributed by atoms with Crippen LogP contribution >= 0.6 is 11.3 Å². The molecule has 2 aromatic heterocycles. The van der Waals surface area contributed by atoms with E-state index < -0.39 is 36.4 Å². The highest BCUT2D eigenvalue weighted by Gasteiger charge is 2.31. The van der Waals surface area contributed by atoms with Gasteiger partial charge in [0.2, 0.25) is 0 Å². The van der Waals surface area contributed by atoms with Crippen LogP contribution < -0.4 is 29.7 Å². The van der Waals surface area contributed by atoms with Crippen molar-refractivity contribution in [3.05, 3.63) is 196 Å². The zero-order valence-electron chi connectivity index (χ0n) is 40.5. The molecular weight excluding hydrogens is 994 g/mol. The highest BCUT2D eigenvalue weighted by atomic mass is 32.1. The van der Waals surface area contributed by atoms with Gasteiger partial charge < -0.3 is 49.1 Å². The average Bonchev–Trinajstić information content (AvgIpc) is 4.07. The number of aromatic nitrogens is 1. The number of nitrogens with zero attached hydrogens (tertiary/aromatic N) is 2. The number of likely N-dealkylation sites (N-methyl/N-ethyl adjacent to an activating group) is 1. The normalized spacial score (nSPS) is 11.8. The highest BCUT2D eigenvalue weighted by Crippen LogP contribution is 2.31. The second-order valence-electron chi connectivity index (χ2n) is 16.7. The van der Waals surface area contributed by atoms with E-state index in [2.05, 4.69) is 20.4 Å². The van der Waals surface area contributed by atoms with Crippen LogP contribution in [0.4, 0.5) is 29.9 Å². The van der Waals surface area contributed by atoms with E-state index in [1.165, 1.54) is 42.7 Å². The van der Waals surface area contributed by atoms with Gasteiger partial charge in [0, 0.05) is 42.1 Å². The fourth-order valence-corrected chi connectivity index (χ4v) is 8.32. The molecule has 0 aliphatic carbocycles. The molecule has 0 saturated heterocycles. The summed E-state index contributed by atoms with van der Waals surface area (Å²) in [4.78, 5) is 54.5. The number of halogens is 3. The number of benzene rings is 6. The summed E-state index contributed by atoms with van der Waals surface area (Å²) in [5, 5.41) is 27.8. The predicted octanol–water partition coefficient (Wildman–Crippen LogP) is 11.4. The lowest BCUT2D eigenvalue weighted by Crippen LogP contribution is -2.32. The van der Waals surface area contributed by atoms with Gasteiger partial charge in [0.15, 0.2) is 11.4 Å². The number of carboxylic acid groups (broad SMARTS) is 2. The predicted molar refractivity (Wildman–Crippen MR) is 277 cm³/mol. The van der Waals surface area contributed by atoms with Crippen LogP contribution in [0.2, 0.25) is 0 Å². The Morgan fingerprint density at radius 1 is 0.733 bits per heavy atom. The van der Waals surface area contributed by atoms with Gasteiger partial charge >= 0.3 is 24.3 Å². The fraction of sp³-hybridized carbons (Fsp3) is 0.196. The van der Waals surface area contributed by atoms with Gasteiger partial charge in [-0.2, -0.15) is 4.98 Å². The first kappa shape index (κ1) is 53.9. The Hall–Kier alpha value is -8.84. The number of oxazole rings is 1. The van der Waals surface area contributed by atoms with Gasteiger partial charge in [0.25, 0.3) is 6.01 Å². The summed E-state index contributed by atoms with van der Waals surface area (Å²) in [6.07, 6.45) is -4.23. The number of para-hydroxylation sites is 3. The van der Waals surface area contributed by atoms with E-state index in [4.69, 9.17) is 18.6 Å². The summed E-state index contributed by atoms with van der Waals surface area (Å²) >= 11 is 1.37. The SMILES string of the molecule is CN(CCOc1ccc(C(CC(=O)O)Nc2cc(C(=O)c3ccccc3)cs2)cc1)c1nc2ccccc2o1.COC(=O)c1ccccc1N[C@@H](Cc1ccc(OCCc2ccc(OC(F)(F)F)cc2)cc1)C(=O)O. The van der Waals surface area contributed by atoms with Crippen molar-refractivity contribution in [3.8, 4) is 17.2 Å². The molecule has 1 unspecified atom stereocenters. The average molecular weight is 1050 g/mol. The molecule has 75 heavy (non-hydrogen) atoms. The minimum absolute atomic E-state index is 0.0714. The Morgan fingerprint density at radius 3 is 2.03 bits per heavy atom. The molecule has 0 spiro atoms. The lowest BCUT2D eigenvalue weighted by Gasteiger charge is -2.18. The van der Waals surface area contributed by atoms with Crippen LogP contribution in [0.5, 0.6) is 17.2 Å². The first-order chi connectivity index (χ1) is 36.1. The number of thiophene rings is 1. The van der Waals surface area contributed by atoms with Crippen LogP contribution in [0, 0.1) is 0 Å². The second kappa shape index (κ2) is 25.7. The molecule has 4 N–H and O–H groups in total. The van der Waals surface area contributed by atoms with Gasteiger partial charge in [-0.3, -0.25) is 9.59 Å². The summed E-state index contributed by atoms with van der Waals surface area (Å²) in [5.74, 6) is -1.70. The molecule has 2 heterocycles. The quantitative estimate of drug-likeness (QED) is 0.0348. The van der Waals surface area contributed by atoms with E-state index in [1.807, 2.05) is 78.7 Å². The third-order valence-electron chi connectivity index (χ3n) is 11.3. The Bertz CT molecular complexity index is 3120. The summed E-state index contributed by atoms with van der Waals surface area (Å²) in [6, 6.07) is 43.8. The third kappa shape index (κ3) is 16.1. The second-order valence-corrected chi connectivity index (χ2v) is 17.6. The maximum absolute atomic E-state index is 12.7. The molecule has 8 aromatic rings. The topological polar surface area (TPSA) is 199 Å². The summed E-state index contributed by atoms with van der Waals surface area (Å²) in [5.41, 5.74) is 5.63. The maximum atomic E-state index is 12.7. The number of ether oxygens (including phenoxy) is 4. The Kier molecular flexibility index (Phi) is 18.5. The lowest BCUT2D eigenvalue weighted by molar-refractivity contribution is -0.274. The van der Waals surface area contributed by atoms with E-state index >= 15 is 0 Å². The number of nitrogens with one attached hydrogen (secondary N) is 2. The summed E-state index contributed by atoms with van der Waals surface area (Å²) in [7, 11) is 3.14. The number of carbonyl (C=O) groups excluding carboxylic acids is 2. The van der Waals surface area contributed by atoms with Crippen LogP contribution in [0.1, 0.15) is 55.4 Å². The highest BCUT2D eigenvalue weighted by molar-refractivity contribution is 7.14. The van der Waals surface area contributed by atoms with E-state index in [9.17, 15) is 42.6 Å². The molecule has 0 aliphatic heterocycles. The number of alkyl halides is 3. The number of ketones is 1. The molecule has 8 rings (SSSR count).